The molecule has 4 rings (SSSR count). The van der Waals surface area contributed by atoms with E-state index in [4.69, 9.17) is 4.84 Å². The SMILES string of the molecule is C1=C(C2=CN=NSc3ccccc32)N=NOc2ccccc21. The number of fused-ring (bicyclic) bond motifs is 2. The number of hydrogen-bond donors (Lipinski definition) is 0. The van der Waals surface area contributed by atoms with E-state index in [1.807, 2.05) is 54.6 Å². The molecule has 0 atom stereocenters. The van der Waals surface area contributed by atoms with E-state index in [0.717, 1.165) is 21.6 Å². The number of hydrogen-bond acceptors (Lipinski definition) is 6. The first kappa shape index (κ1) is 13.0. The Hall–Kier alpha value is -2.73. The minimum Gasteiger partial charge on any atom is -0.339 e. The Labute approximate surface area is 131 Å². The highest BCUT2D eigenvalue weighted by Gasteiger charge is 2.17. The van der Waals surface area contributed by atoms with Gasteiger partial charge in [0.1, 0.15) is 0 Å². The van der Waals surface area contributed by atoms with Gasteiger partial charge in [0, 0.05) is 38.8 Å². The molecule has 0 fully saturated rings. The third-order valence-electron chi connectivity index (χ3n) is 3.33. The van der Waals surface area contributed by atoms with E-state index >= 15 is 0 Å². The van der Waals surface area contributed by atoms with Crippen LogP contribution in [0.4, 0.5) is 0 Å². The Morgan fingerprint density at radius 3 is 2.82 bits per heavy atom. The van der Waals surface area contributed by atoms with Gasteiger partial charge < -0.3 is 4.84 Å². The summed E-state index contributed by atoms with van der Waals surface area (Å²) in [6, 6.07) is 15.7. The van der Waals surface area contributed by atoms with Gasteiger partial charge in [-0.25, -0.2) is 0 Å². The van der Waals surface area contributed by atoms with Crippen molar-refractivity contribution in [1.82, 2.24) is 0 Å². The summed E-state index contributed by atoms with van der Waals surface area (Å²) in [7, 11) is 0. The van der Waals surface area contributed by atoms with Gasteiger partial charge in [0.05, 0.1) is 11.9 Å². The molecule has 0 aliphatic carbocycles. The smallest absolute Gasteiger partial charge is 0.167 e. The summed E-state index contributed by atoms with van der Waals surface area (Å²) in [6.45, 7) is 0. The lowest BCUT2D eigenvalue weighted by molar-refractivity contribution is 0.312. The molecule has 22 heavy (non-hydrogen) atoms. The first-order valence-electron chi connectivity index (χ1n) is 6.68. The third kappa shape index (κ3) is 2.33. The fraction of sp³-hybridized carbons (Fsp3) is 0. The Balaban J connectivity index is 1.87. The standard InChI is InChI=1S/C16H10N4OS/c1-3-7-15-11(5-1)9-14(18-19-21-15)13-10-17-20-22-16-8-4-2-6-12(13)16/h1-10H. The lowest BCUT2D eigenvalue weighted by Crippen LogP contribution is -1.89. The average Bonchev–Trinajstić information content (AvgIpc) is 2.90. The Morgan fingerprint density at radius 2 is 1.82 bits per heavy atom. The maximum absolute atomic E-state index is 5.31. The van der Waals surface area contributed by atoms with Crippen LogP contribution in [-0.2, 0) is 0 Å². The highest BCUT2D eigenvalue weighted by Crippen LogP contribution is 2.38. The minimum atomic E-state index is 0.680. The molecule has 0 bridgehead atoms. The molecule has 6 heteroatoms. The van der Waals surface area contributed by atoms with Gasteiger partial charge in [-0.05, 0) is 18.2 Å². The van der Waals surface area contributed by atoms with Gasteiger partial charge in [-0.2, -0.15) is 5.11 Å². The monoisotopic (exact) mass is 306 g/mol. The van der Waals surface area contributed by atoms with Crippen LogP contribution in [0.5, 0.6) is 5.75 Å². The van der Waals surface area contributed by atoms with Crippen molar-refractivity contribution in [3.8, 4) is 5.75 Å². The fourth-order valence-corrected chi connectivity index (χ4v) is 2.89. The molecule has 106 valence electrons. The van der Waals surface area contributed by atoms with E-state index in [2.05, 4.69) is 20.0 Å². The maximum Gasteiger partial charge on any atom is 0.167 e. The van der Waals surface area contributed by atoms with Gasteiger partial charge in [0.15, 0.2) is 5.75 Å². The van der Waals surface area contributed by atoms with Crippen molar-refractivity contribution in [2.24, 2.45) is 20.0 Å². The first-order valence-corrected chi connectivity index (χ1v) is 7.45. The van der Waals surface area contributed by atoms with Crippen molar-refractivity contribution in [2.75, 3.05) is 0 Å². The van der Waals surface area contributed by atoms with E-state index in [-0.39, 0.29) is 0 Å². The second kappa shape index (κ2) is 5.57. The van der Waals surface area contributed by atoms with Crippen molar-refractivity contribution < 1.29 is 4.84 Å². The molecule has 2 aromatic rings. The van der Waals surface area contributed by atoms with Crippen molar-refractivity contribution in [3.05, 3.63) is 71.6 Å². The maximum atomic E-state index is 5.31. The van der Waals surface area contributed by atoms with Crippen LogP contribution >= 0.6 is 11.9 Å². The molecule has 0 radical (unpaired) electrons. The number of benzene rings is 2. The fourth-order valence-electron chi connectivity index (χ4n) is 2.29. The van der Waals surface area contributed by atoms with E-state index < -0.39 is 0 Å². The summed E-state index contributed by atoms with van der Waals surface area (Å²) >= 11 is 1.34. The molecule has 0 saturated carbocycles. The predicted octanol–water partition coefficient (Wildman–Crippen LogP) is 5.30. The normalized spacial score (nSPS) is 15.6. The van der Waals surface area contributed by atoms with E-state index in [0.29, 0.717) is 11.4 Å². The summed E-state index contributed by atoms with van der Waals surface area (Å²) in [5.74, 6) is 0.680. The summed E-state index contributed by atoms with van der Waals surface area (Å²) in [4.78, 5) is 6.34. The van der Waals surface area contributed by atoms with Crippen molar-refractivity contribution in [3.63, 3.8) is 0 Å². The zero-order valence-electron chi connectivity index (χ0n) is 11.4. The Morgan fingerprint density at radius 1 is 0.955 bits per heavy atom. The molecule has 5 nitrogen and oxygen atoms in total. The second-order valence-corrected chi connectivity index (χ2v) is 5.45. The molecular formula is C16H10N4OS. The number of allylic oxidation sites excluding steroid dienone is 1. The Bertz CT molecular complexity index is 855. The van der Waals surface area contributed by atoms with Gasteiger partial charge in [-0.15, -0.1) is 9.63 Å². The third-order valence-corrected chi connectivity index (χ3v) is 4.05. The topological polar surface area (TPSA) is 58.7 Å². The molecular weight excluding hydrogens is 296 g/mol. The zero-order valence-corrected chi connectivity index (χ0v) is 12.2. The highest BCUT2D eigenvalue weighted by molar-refractivity contribution is 7.98. The van der Waals surface area contributed by atoms with E-state index in [9.17, 15) is 0 Å². The minimum absolute atomic E-state index is 0.680. The zero-order chi connectivity index (χ0) is 14.8. The van der Waals surface area contributed by atoms with E-state index in [1.54, 1.807) is 6.20 Å². The van der Waals surface area contributed by atoms with Crippen LogP contribution in [0.3, 0.4) is 0 Å². The van der Waals surface area contributed by atoms with Gasteiger partial charge in [0.25, 0.3) is 0 Å². The summed E-state index contributed by atoms with van der Waals surface area (Å²) in [5, 5.41) is 12.1. The van der Waals surface area contributed by atoms with Crippen LogP contribution in [-0.4, -0.2) is 0 Å². The molecule has 0 N–H and O–H groups in total. The molecule has 2 aliphatic rings. The van der Waals surface area contributed by atoms with Crippen molar-refractivity contribution in [1.29, 1.82) is 0 Å². The molecule has 2 aromatic carbocycles. The van der Waals surface area contributed by atoms with Crippen molar-refractivity contribution in [2.45, 2.75) is 4.90 Å². The summed E-state index contributed by atoms with van der Waals surface area (Å²) in [5.41, 5.74) is 3.52. The van der Waals surface area contributed by atoms with Gasteiger partial charge >= 0.3 is 0 Å². The molecule has 0 saturated heterocycles. The molecule has 0 spiro atoms. The Kier molecular flexibility index (Phi) is 3.29. The molecule has 0 amide bonds. The van der Waals surface area contributed by atoms with Crippen LogP contribution in [0.1, 0.15) is 11.1 Å². The van der Waals surface area contributed by atoms with Gasteiger partial charge in [-0.1, -0.05) is 36.4 Å². The predicted molar refractivity (Wildman–Crippen MR) is 85.0 cm³/mol. The quantitative estimate of drug-likeness (QED) is 0.671. The largest absolute Gasteiger partial charge is 0.339 e. The summed E-state index contributed by atoms with van der Waals surface area (Å²) in [6.07, 6.45) is 3.65. The molecule has 0 aromatic heterocycles. The molecule has 2 heterocycles. The van der Waals surface area contributed by atoms with E-state index in [1.165, 1.54) is 11.9 Å². The number of rotatable bonds is 1. The lowest BCUT2D eigenvalue weighted by Gasteiger charge is -2.07. The first-order chi connectivity index (χ1) is 10.9. The second-order valence-electron chi connectivity index (χ2n) is 4.67. The number of nitrogens with zero attached hydrogens (tertiary/aromatic N) is 4. The molecule has 0 unspecified atom stereocenters. The summed E-state index contributed by atoms with van der Waals surface area (Å²) < 4.78 is 4.06. The van der Waals surface area contributed by atoms with Crippen LogP contribution in [0.25, 0.3) is 11.6 Å². The van der Waals surface area contributed by atoms with Gasteiger partial charge in [-0.3, -0.25) is 0 Å². The van der Waals surface area contributed by atoms with Crippen LogP contribution in [0.2, 0.25) is 0 Å². The highest BCUT2D eigenvalue weighted by atomic mass is 32.2. The lowest BCUT2D eigenvalue weighted by atomic mass is 10.0. The average molecular weight is 306 g/mol. The molecule has 2 aliphatic heterocycles. The van der Waals surface area contributed by atoms with Crippen LogP contribution in [0.15, 0.2) is 85.3 Å². The van der Waals surface area contributed by atoms with Crippen LogP contribution in [0, 0.1) is 0 Å². The number of para-hydroxylation sites is 1. The van der Waals surface area contributed by atoms with Crippen molar-refractivity contribution >= 4 is 23.6 Å². The van der Waals surface area contributed by atoms with Gasteiger partial charge in [0.2, 0.25) is 0 Å². The van der Waals surface area contributed by atoms with Crippen LogP contribution < -0.4 is 4.84 Å².